The van der Waals surface area contributed by atoms with E-state index in [9.17, 15) is 0 Å². The third-order valence-corrected chi connectivity index (χ3v) is 3.98. The van der Waals surface area contributed by atoms with Gasteiger partial charge in [0.1, 0.15) is 0 Å². The maximum Gasteiger partial charge on any atom is 0.184 e. The maximum atomic E-state index is 5.94. The largest absolute Gasteiger partial charge is 0.449 e. The molecule has 0 aromatic heterocycles. The minimum atomic E-state index is 0.734. The number of fused-ring (bicyclic) bond motifs is 3. The van der Waals surface area contributed by atoms with Crippen molar-refractivity contribution in [2.24, 2.45) is 0 Å². The summed E-state index contributed by atoms with van der Waals surface area (Å²) < 4.78 is 12.8. The van der Waals surface area contributed by atoms with E-state index in [0.29, 0.717) is 0 Å². The van der Waals surface area contributed by atoms with Gasteiger partial charge in [-0.05, 0) is 44.9 Å². The summed E-state index contributed by atoms with van der Waals surface area (Å²) in [7, 11) is 0. The number of rotatable bonds is 0. The van der Waals surface area contributed by atoms with Crippen molar-refractivity contribution in [3.63, 3.8) is 0 Å². The number of halogens is 1. The van der Waals surface area contributed by atoms with Crippen molar-refractivity contribution in [3.05, 3.63) is 59.1 Å². The highest BCUT2D eigenvalue weighted by Crippen LogP contribution is 2.50. The second kappa shape index (κ2) is 4.00. The Morgan fingerprint density at radius 3 is 2.26 bits per heavy atom. The fraction of sp³-hybridized carbons (Fsp3) is 0. The number of hydrogen-bond donors (Lipinski definition) is 0. The van der Waals surface area contributed by atoms with Crippen molar-refractivity contribution in [1.29, 1.82) is 0 Å². The van der Waals surface area contributed by atoms with Crippen LogP contribution in [0.4, 0.5) is 0 Å². The van der Waals surface area contributed by atoms with Crippen LogP contribution in [0.1, 0.15) is 0 Å². The molecule has 0 radical (unpaired) electrons. The van der Waals surface area contributed by atoms with Gasteiger partial charge < -0.3 is 9.47 Å². The topological polar surface area (TPSA) is 18.5 Å². The summed E-state index contributed by atoms with van der Waals surface area (Å²) in [5.41, 5.74) is 0. The molecule has 4 rings (SSSR count). The zero-order chi connectivity index (χ0) is 12.8. The van der Waals surface area contributed by atoms with Gasteiger partial charge >= 0.3 is 0 Å². The summed E-state index contributed by atoms with van der Waals surface area (Å²) in [6.07, 6.45) is 0. The van der Waals surface area contributed by atoms with Crippen LogP contribution in [0.5, 0.6) is 23.0 Å². The van der Waals surface area contributed by atoms with Crippen molar-refractivity contribution in [2.45, 2.75) is 0 Å². The van der Waals surface area contributed by atoms with Crippen molar-refractivity contribution in [3.8, 4) is 23.0 Å². The normalized spacial score (nSPS) is 12.3. The standard InChI is InChI=1S/C16H9BrO2/c17-15-11-6-2-1-5-10(11)9-14-16(15)19-13-8-4-3-7-12(13)18-14/h1-9H. The number of ether oxygens (including phenoxy) is 2. The van der Waals surface area contributed by atoms with Crippen molar-refractivity contribution in [1.82, 2.24) is 0 Å². The lowest BCUT2D eigenvalue weighted by molar-refractivity contribution is 0.359. The molecular weight excluding hydrogens is 304 g/mol. The molecule has 0 atom stereocenters. The van der Waals surface area contributed by atoms with E-state index < -0.39 is 0 Å². The second-order valence-corrected chi connectivity index (χ2v) is 5.18. The van der Waals surface area contributed by atoms with Gasteiger partial charge in [-0.1, -0.05) is 36.4 Å². The van der Waals surface area contributed by atoms with E-state index in [-0.39, 0.29) is 0 Å². The molecule has 3 heteroatoms. The van der Waals surface area contributed by atoms with E-state index in [4.69, 9.17) is 9.47 Å². The lowest BCUT2D eigenvalue weighted by atomic mass is 10.1. The Morgan fingerprint density at radius 1 is 0.737 bits per heavy atom. The average molecular weight is 313 g/mol. The SMILES string of the molecule is Brc1c2c(cc3ccccc13)Oc1ccccc1O2. The lowest BCUT2D eigenvalue weighted by Gasteiger charge is -2.22. The van der Waals surface area contributed by atoms with Gasteiger partial charge in [0.05, 0.1) is 4.47 Å². The van der Waals surface area contributed by atoms with Crippen LogP contribution in [0.25, 0.3) is 10.8 Å². The molecule has 0 spiro atoms. The molecule has 0 N–H and O–H groups in total. The molecule has 1 heterocycles. The molecule has 3 aromatic rings. The fourth-order valence-electron chi connectivity index (χ4n) is 2.28. The third kappa shape index (κ3) is 1.62. The minimum Gasteiger partial charge on any atom is -0.449 e. The summed E-state index contributed by atoms with van der Waals surface area (Å²) in [6, 6.07) is 17.8. The molecule has 0 unspecified atom stereocenters. The highest BCUT2D eigenvalue weighted by Gasteiger charge is 2.22. The molecule has 0 fully saturated rings. The molecule has 1 aliphatic heterocycles. The van der Waals surface area contributed by atoms with Gasteiger partial charge in [0, 0.05) is 0 Å². The number of para-hydroxylation sites is 2. The Labute approximate surface area is 118 Å². The second-order valence-electron chi connectivity index (χ2n) is 4.39. The number of benzene rings is 3. The zero-order valence-electron chi connectivity index (χ0n) is 9.89. The summed E-state index contributed by atoms with van der Waals surface area (Å²) in [5.74, 6) is 2.96. The van der Waals surface area contributed by atoms with Gasteiger partial charge in [-0.3, -0.25) is 0 Å². The van der Waals surface area contributed by atoms with Crippen LogP contribution in [0.2, 0.25) is 0 Å². The molecule has 1 aliphatic rings. The first-order chi connectivity index (χ1) is 9.33. The van der Waals surface area contributed by atoms with E-state index in [1.807, 2.05) is 42.5 Å². The average Bonchev–Trinajstić information content (AvgIpc) is 2.46. The van der Waals surface area contributed by atoms with Crippen LogP contribution in [-0.2, 0) is 0 Å². The molecular formula is C16H9BrO2. The van der Waals surface area contributed by atoms with Crippen LogP contribution in [0.15, 0.2) is 59.1 Å². The smallest absolute Gasteiger partial charge is 0.184 e. The molecule has 92 valence electrons. The summed E-state index contributed by atoms with van der Waals surface area (Å²) in [6.45, 7) is 0. The fourth-order valence-corrected chi connectivity index (χ4v) is 2.92. The first-order valence-corrected chi connectivity index (χ1v) is 6.78. The molecule has 3 aromatic carbocycles. The van der Waals surface area contributed by atoms with E-state index in [2.05, 4.69) is 28.1 Å². The Balaban J connectivity index is 1.98. The Hall–Kier alpha value is -2.00. The van der Waals surface area contributed by atoms with Crippen LogP contribution in [0.3, 0.4) is 0 Å². The summed E-state index contributed by atoms with van der Waals surface area (Å²) in [5, 5.41) is 2.24. The van der Waals surface area contributed by atoms with Gasteiger partial charge in [0.2, 0.25) is 0 Å². The van der Waals surface area contributed by atoms with Crippen LogP contribution in [0, 0.1) is 0 Å². The van der Waals surface area contributed by atoms with Gasteiger partial charge in [-0.15, -0.1) is 0 Å². The van der Waals surface area contributed by atoms with Crippen LogP contribution < -0.4 is 9.47 Å². The van der Waals surface area contributed by atoms with E-state index in [1.54, 1.807) is 0 Å². The van der Waals surface area contributed by atoms with Gasteiger partial charge in [-0.2, -0.15) is 0 Å². The van der Waals surface area contributed by atoms with Crippen molar-refractivity contribution < 1.29 is 9.47 Å². The number of hydrogen-bond acceptors (Lipinski definition) is 2. The maximum absolute atomic E-state index is 5.94. The van der Waals surface area contributed by atoms with Gasteiger partial charge in [0.25, 0.3) is 0 Å². The predicted octanol–water partition coefficient (Wildman–Crippen LogP) is 5.50. The van der Waals surface area contributed by atoms with Crippen molar-refractivity contribution >= 4 is 26.7 Å². The van der Waals surface area contributed by atoms with Crippen LogP contribution >= 0.6 is 15.9 Å². The first kappa shape index (κ1) is 10.9. The Kier molecular flexibility index (Phi) is 2.29. The highest BCUT2D eigenvalue weighted by atomic mass is 79.9. The minimum absolute atomic E-state index is 0.734. The van der Waals surface area contributed by atoms with Gasteiger partial charge in [-0.25, -0.2) is 0 Å². The van der Waals surface area contributed by atoms with E-state index in [1.165, 1.54) is 0 Å². The van der Waals surface area contributed by atoms with E-state index in [0.717, 1.165) is 38.2 Å². The Morgan fingerprint density at radius 2 is 1.42 bits per heavy atom. The van der Waals surface area contributed by atoms with Crippen LogP contribution in [-0.4, -0.2) is 0 Å². The Bertz CT molecular complexity index is 796. The molecule has 19 heavy (non-hydrogen) atoms. The lowest BCUT2D eigenvalue weighted by Crippen LogP contribution is -1.99. The summed E-state index contributed by atoms with van der Waals surface area (Å²) in [4.78, 5) is 0. The molecule has 0 aliphatic carbocycles. The van der Waals surface area contributed by atoms with Gasteiger partial charge in [0.15, 0.2) is 23.0 Å². The monoisotopic (exact) mass is 312 g/mol. The molecule has 0 bridgehead atoms. The molecule has 0 amide bonds. The zero-order valence-corrected chi connectivity index (χ0v) is 11.5. The van der Waals surface area contributed by atoms with E-state index >= 15 is 0 Å². The third-order valence-electron chi connectivity index (χ3n) is 3.19. The quantitative estimate of drug-likeness (QED) is 0.427. The summed E-state index contributed by atoms with van der Waals surface area (Å²) >= 11 is 3.61. The molecule has 0 saturated carbocycles. The first-order valence-electron chi connectivity index (χ1n) is 5.99. The predicted molar refractivity (Wildman–Crippen MR) is 78.2 cm³/mol. The molecule has 2 nitrogen and oxygen atoms in total. The molecule has 0 saturated heterocycles. The van der Waals surface area contributed by atoms with Crippen molar-refractivity contribution in [2.75, 3.05) is 0 Å². The highest BCUT2D eigenvalue weighted by molar-refractivity contribution is 9.10.